The molecule has 0 aromatic carbocycles. The summed E-state index contributed by atoms with van der Waals surface area (Å²) in [6, 6.07) is 2.09. The van der Waals surface area contributed by atoms with Crippen LogP contribution in [0.1, 0.15) is 32.3 Å². The van der Waals surface area contributed by atoms with E-state index >= 15 is 0 Å². The summed E-state index contributed by atoms with van der Waals surface area (Å²) < 4.78 is 0. The first-order valence-corrected chi connectivity index (χ1v) is 6.66. The van der Waals surface area contributed by atoms with Crippen molar-refractivity contribution in [1.82, 2.24) is 4.90 Å². The summed E-state index contributed by atoms with van der Waals surface area (Å²) in [5.41, 5.74) is 0.964. The average Bonchev–Trinajstić information content (AvgIpc) is 2.77. The fourth-order valence-corrected chi connectivity index (χ4v) is 2.43. The van der Waals surface area contributed by atoms with Gasteiger partial charge in [-0.3, -0.25) is 9.69 Å². The van der Waals surface area contributed by atoms with Crippen LogP contribution in [0.2, 0.25) is 0 Å². The quantitative estimate of drug-likeness (QED) is 0.760. The van der Waals surface area contributed by atoms with E-state index in [1.54, 1.807) is 11.3 Å². The second-order valence-electron chi connectivity index (χ2n) is 4.58. The highest BCUT2D eigenvalue weighted by molar-refractivity contribution is 7.07. The van der Waals surface area contributed by atoms with E-state index in [2.05, 4.69) is 23.8 Å². The minimum Gasteiger partial charge on any atom is -0.298 e. The standard InChI is InChI=1S/C13H21NOS/c1-5-13(2,14(3)4)12(15)7-6-11-8-9-16-10-11/h8-10H,5-7H2,1-4H3. The van der Waals surface area contributed by atoms with Crippen LogP contribution in [-0.2, 0) is 11.2 Å². The maximum Gasteiger partial charge on any atom is 0.153 e. The van der Waals surface area contributed by atoms with Crippen molar-refractivity contribution < 1.29 is 4.79 Å². The zero-order valence-electron chi connectivity index (χ0n) is 10.6. The molecule has 0 radical (unpaired) electrons. The molecule has 1 atom stereocenters. The van der Waals surface area contributed by atoms with Gasteiger partial charge in [0.25, 0.3) is 0 Å². The van der Waals surface area contributed by atoms with Gasteiger partial charge in [0, 0.05) is 6.42 Å². The molecule has 0 aliphatic rings. The molecule has 0 saturated heterocycles. The van der Waals surface area contributed by atoms with Gasteiger partial charge in [0.2, 0.25) is 0 Å². The lowest BCUT2D eigenvalue weighted by Gasteiger charge is -2.34. The molecule has 0 aliphatic heterocycles. The van der Waals surface area contributed by atoms with Gasteiger partial charge in [-0.2, -0.15) is 11.3 Å². The Morgan fingerprint density at radius 3 is 2.62 bits per heavy atom. The first-order valence-electron chi connectivity index (χ1n) is 5.72. The number of nitrogens with zero attached hydrogens (tertiary/aromatic N) is 1. The zero-order valence-corrected chi connectivity index (χ0v) is 11.4. The lowest BCUT2D eigenvalue weighted by atomic mass is 9.88. The Morgan fingerprint density at radius 1 is 1.50 bits per heavy atom. The van der Waals surface area contributed by atoms with Gasteiger partial charge in [-0.15, -0.1) is 0 Å². The number of ketones is 1. The lowest BCUT2D eigenvalue weighted by Crippen LogP contribution is -2.48. The first-order chi connectivity index (χ1) is 7.50. The molecule has 0 saturated carbocycles. The number of hydrogen-bond acceptors (Lipinski definition) is 3. The smallest absolute Gasteiger partial charge is 0.153 e. The van der Waals surface area contributed by atoms with Crippen LogP contribution in [0.3, 0.4) is 0 Å². The molecule has 1 rings (SSSR count). The molecule has 0 aliphatic carbocycles. The van der Waals surface area contributed by atoms with Crippen LogP contribution in [0.4, 0.5) is 0 Å². The number of thiophene rings is 1. The zero-order chi connectivity index (χ0) is 12.2. The Kier molecular flexibility index (Phi) is 4.69. The van der Waals surface area contributed by atoms with Crippen LogP contribution in [0.25, 0.3) is 0 Å². The monoisotopic (exact) mass is 239 g/mol. The summed E-state index contributed by atoms with van der Waals surface area (Å²) in [5, 5.41) is 4.18. The van der Waals surface area contributed by atoms with Gasteiger partial charge >= 0.3 is 0 Å². The van der Waals surface area contributed by atoms with E-state index in [1.807, 2.05) is 25.9 Å². The minimum absolute atomic E-state index is 0.310. The predicted octanol–water partition coefficient (Wildman–Crippen LogP) is 2.98. The van der Waals surface area contributed by atoms with Gasteiger partial charge in [0.05, 0.1) is 5.54 Å². The molecule has 0 spiro atoms. The number of aryl methyl sites for hydroxylation is 1. The Bertz CT molecular complexity index is 332. The molecular weight excluding hydrogens is 218 g/mol. The third-order valence-electron chi connectivity index (χ3n) is 3.50. The van der Waals surface area contributed by atoms with E-state index in [9.17, 15) is 4.79 Å². The third-order valence-corrected chi connectivity index (χ3v) is 4.23. The molecule has 0 amide bonds. The van der Waals surface area contributed by atoms with Crippen LogP contribution < -0.4 is 0 Å². The molecule has 16 heavy (non-hydrogen) atoms. The fraction of sp³-hybridized carbons (Fsp3) is 0.615. The minimum atomic E-state index is -0.310. The highest BCUT2D eigenvalue weighted by atomic mass is 32.1. The Labute approximate surface area is 102 Å². The van der Waals surface area contributed by atoms with Crippen molar-refractivity contribution in [1.29, 1.82) is 0 Å². The van der Waals surface area contributed by atoms with Crippen LogP contribution in [0.5, 0.6) is 0 Å². The Hall–Kier alpha value is -0.670. The number of rotatable bonds is 6. The van der Waals surface area contributed by atoms with Gasteiger partial charge in [0.15, 0.2) is 5.78 Å². The van der Waals surface area contributed by atoms with E-state index < -0.39 is 0 Å². The summed E-state index contributed by atoms with van der Waals surface area (Å²) in [5.74, 6) is 0.339. The van der Waals surface area contributed by atoms with Crippen molar-refractivity contribution in [2.24, 2.45) is 0 Å². The first kappa shape index (κ1) is 13.4. The number of Topliss-reactive ketones (excluding diaryl/α,β-unsaturated/α-hetero) is 1. The van der Waals surface area contributed by atoms with Crippen molar-refractivity contribution in [3.8, 4) is 0 Å². The van der Waals surface area contributed by atoms with Crippen molar-refractivity contribution in [2.45, 2.75) is 38.6 Å². The molecule has 1 heterocycles. The molecule has 3 heteroatoms. The lowest BCUT2D eigenvalue weighted by molar-refractivity contribution is -0.129. The summed E-state index contributed by atoms with van der Waals surface area (Å²) in [7, 11) is 3.96. The van der Waals surface area contributed by atoms with E-state index in [4.69, 9.17) is 0 Å². The van der Waals surface area contributed by atoms with Gasteiger partial charge in [-0.1, -0.05) is 6.92 Å². The van der Waals surface area contributed by atoms with Crippen molar-refractivity contribution >= 4 is 17.1 Å². The van der Waals surface area contributed by atoms with E-state index in [0.29, 0.717) is 12.2 Å². The predicted molar refractivity (Wildman–Crippen MR) is 70.0 cm³/mol. The molecular formula is C13H21NOS. The van der Waals surface area contributed by atoms with Crippen molar-refractivity contribution in [2.75, 3.05) is 14.1 Å². The highest BCUT2D eigenvalue weighted by Crippen LogP contribution is 2.20. The Morgan fingerprint density at radius 2 is 2.19 bits per heavy atom. The van der Waals surface area contributed by atoms with Crippen LogP contribution in [0, 0.1) is 0 Å². The second-order valence-corrected chi connectivity index (χ2v) is 5.36. The van der Waals surface area contributed by atoms with E-state index in [1.165, 1.54) is 5.56 Å². The summed E-state index contributed by atoms with van der Waals surface area (Å²) in [6.45, 7) is 4.10. The second kappa shape index (κ2) is 5.60. The summed E-state index contributed by atoms with van der Waals surface area (Å²) in [4.78, 5) is 14.2. The molecule has 0 fully saturated rings. The maximum absolute atomic E-state index is 12.2. The number of carbonyl (C=O) groups is 1. The summed E-state index contributed by atoms with van der Waals surface area (Å²) >= 11 is 1.69. The molecule has 1 aromatic heterocycles. The molecule has 0 N–H and O–H groups in total. The SMILES string of the molecule is CCC(C)(C(=O)CCc1ccsc1)N(C)C. The highest BCUT2D eigenvalue weighted by Gasteiger charge is 2.32. The van der Waals surface area contributed by atoms with Crippen molar-refractivity contribution in [3.63, 3.8) is 0 Å². The van der Waals surface area contributed by atoms with Crippen LogP contribution in [0.15, 0.2) is 16.8 Å². The number of carbonyl (C=O) groups excluding carboxylic acids is 1. The van der Waals surface area contributed by atoms with Gasteiger partial charge in [-0.05, 0) is 56.3 Å². The topological polar surface area (TPSA) is 20.3 Å². The normalized spacial score (nSPS) is 15.1. The van der Waals surface area contributed by atoms with Crippen molar-refractivity contribution in [3.05, 3.63) is 22.4 Å². The van der Waals surface area contributed by atoms with Crippen LogP contribution in [-0.4, -0.2) is 30.3 Å². The Balaban J connectivity index is 2.57. The number of likely N-dealkylation sites (N-methyl/N-ethyl adjacent to an activating group) is 1. The molecule has 1 unspecified atom stereocenters. The maximum atomic E-state index is 12.2. The molecule has 90 valence electrons. The average molecular weight is 239 g/mol. The van der Waals surface area contributed by atoms with Crippen LogP contribution >= 0.6 is 11.3 Å². The van der Waals surface area contributed by atoms with Gasteiger partial charge in [-0.25, -0.2) is 0 Å². The molecule has 1 aromatic rings. The fourth-order valence-electron chi connectivity index (χ4n) is 1.72. The molecule has 2 nitrogen and oxygen atoms in total. The van der Waals surface area contributed by atoms with Gasteiger partial charge in [0.1, 0.15) is 0 Å². The molecule has 0 bridgehead atoms. The largest absolute Gasteiger partial charge is 0.298 e. The number of hydrogen-bond donors (Lipinski definition) is 0. The summed E-state index contributed by atoms with van der Waals surface area (Å²) in [6.07, 6.45) is 2.37. The van der Waals surface area contributed by atoms with E-state index in [0.717, 1.165) is 12.8 Å². The van der Waals surface area contributed by atoms with E-state index in [-0.39, 0.29) is 5.54 Å². The third kappa shape index (κ3) is 2.92. The van der Waals surface area contributed by atoms with Gasteiger partial charge < -0.3 is 0 Å².